The molecule has 1 N–H and O–H groups in total. The van der Waals surface area contributed by atoms with Crippen molar-refractivity contribution >= 4 is 23.5 Å². The zero-order chi connectivity index (χ0) is 31.9. The van der Waals surface area contributed by atoms with Gasteiger partial charge in [-0.2, -0.15) is 9.61 Å². The molecule has 236 valence electrons. The molecular formula is C36H37N5O5. The number of fused-ring (bicyclic) bond motifs is 1. The van der Waals surface area contributed by atoms with Gasteiger partial charge in [0.2, 0.25) is 0 Å². The summed E-state index contributed by atoms with van der Waals surface area (Å²) in [6.45, 7) is 5.16. The Balaban J connectivity index is 1.26. The molecule has 0 radical (unpaired) electrons. The Bertz CT molecular complexity index is 1800. The van der Waals surface area contributed by atoms with Crippen molar-refractivity contribution in [1.29, 1.82) is 0 Å². The fourth-order valence-electron chi connectivity index (χ4n) is 5.69. The number of aromatic nitrogens is 3. The number of carboxylic acids is 1. The predicted octanol–water partition coefficient (Wildman–Crippen LogP) is 5.86. The highest BCUT2D eigenvalue weighted by molar-refractivity contribution is 5.83. The van der Waals surface area contributed by atoms with E-state index in [0.29, 0.717) is 39.2 Å². The molecule has 1 aliphatic heterocycles. The Kier molecular flexibility index (Phi) is 9.54. The van der Waals surface area contributed by atoms with Gasteiger partial charge in [-0.05, 0) is 36.1 Å². The van der Waals surface area contributed by atoms with E-state index < -0.39 is 5.97 Å². The molecule has 2 aromatic heterocycles. The lowest BCUT2D eigenvalue weighted by molar-refractivity contribution is -0.138. The number of amides is 1. The standard InChI is InChI=1S/C36H37N5O5/c1-26-34(29-12-6-3-7-13-29)35-37-31(30-14-8-11-27(23-30)15-21-45-22-16-33(42)43)24-32(41(35)38-26)39-17-19-40(20-18-39)36(44)46-25-28-9-4-2-5-10-28/h2-14,23-24H,15-22,25H2,1H3,(H,42,43). The fourth-order valence-corrected chi connectivity index (χ4v) is 5.69. The minimum Gasteiger partial charge on any atom is -0.481 e. The number of nitrogens with zero attached hydrogens (tertiary/aromatic N) is 5. The first-order chi connectivity index (χ1) is 22.5. The van der Waals surface area contributed by atoms with Crippen LogP contribution in [0.25, 0.3) is 28.0 Å². The molecule has 0 bridgehead atoms. The van der Waals surface area contributed by atoms with Gasteiger partial charge in [0.25, 0.3) is 0 Å². The van der Waals surface area contributed by atoms with Crippen molar-refractivity contribution < 1.29 is 24.2 Å². The van der Waals surface area contributed by atoms with E-state index in [1.807, 2.05) is 78.2 Å². The molecular weight excluding hydrogens is 582 g/mol. The first kappa shape index (κ1) is 30.8. The number of rotatable bonds is 11. The van der Waals surface area contributed by atoms with Crippen LogP contribution < -0.4 is 4.90 Å². The van der Waals surface area contributed by atoms with Crippen molar-refractivity contribution in [3.8, 4) is 22.4 Å². The Morgan fingerprint density at radius 1 is 0.826 bits per heavy atom. The van der Waals surface area contributed by atoms with Crippen molar-refractivity contribution in [2.45, 2.75) is 26.4 Å². The van der Waals surface area contributed by atoms with Gasteiger partial charge >= 0.3 is 12.1 Å². The van der Waals surface area contributed by atoms with Crippen LogP contribution in [0.2, 0.25) is 0 Å². The first-order valence-corrected chi connectivity index (χ1v) is 15.5. The third-order valence-corrected chi connectivity index (χ3v) is 8.09. The van der Waals surface area contributed by atoms with Crippen LogP contribution in [0.3, 0.4) is 0 Å². The van der Waals surface area contributed by atoms with Gasteiger partial charge in [0.05, 0.1) is 31.0 Å². The largest absolute Gasteiger partial charge is 0.481 e. The number of aryl methyl sites for hydroxylation is 1. The fraction of sp³-hybridized carbons (Fsp3) is 0.278. The van der Waals surface area contributed by atoms with Crippen molar-refractivity contribution in [2.24, 2.45) is 0 Å². The summed E-state index contributed by atoms with van der Waals surface area (Å²) in [5.74, 6) is 0.0404. The molecule has 3 aromatic carbocycles. The number of carboxylic acid groups (broad SMARTS) is 1. The molecule has 10 heteroatoms. The molecule has 0 atom stereocenters. The number of ether oxygens (including phenoxy) is 2. The third kappa shape index (κ3) is 7.18. The third-order valence-electron chi connectivity index (χ3n) is 8.09. The summed E-state index contributed by atoms with van der Waals surface area (Å²) in [6.07, 6.45) is 0.338. The molecule has 46 heavy (non-hydrogen) atoms. The highest BCUT2D eigenvalue weighted by Crippen LogP contribution is 2.33. The van der Waals surface area contributed by atoms with Crippen molar-refractivity contribution in [1.82, 2.24) is 19.5 Å². The van der Waals surface area contributed by atoms with Gasteiger partial charge < -0.3 is 24.4 Å². The lowest BCUT2D eigenvalue weighted by Gasteiger charge is -2.35. The van der Waals surface area contributed by atoms with Crippen molar-refractivity contribution in [2.75, 3.05) is 44.3 Å². The van der Waals surface area contributed by atoms with E-state index in [1.165, 1.54) is 0 Å². The summed E-state index contributed by atoms with van der Waals surface area (Å²) in [5, 5.41) is 13.8. The van der Waals surface area contributed by atoms with Crippen LogP contribution >= 0.6 is 0 Å². The second-order valence-corrected chi connectivity index (χ2v) is 11.3. The number of carbonyl (C=O) groups is 2. The maximum absolute atomic E-state index is 12.9. The quantitative estimate of drug-likeness (QED) is 0.183. The van der Waals surface area contributed by atoms with Crippen LogP contribution in [0.5, 0.6) is 0 Å². The SMILES string of the molecule is Cc1nn2c(N3CCN(C(=O)OCc4ccccc4)CC3)cc(-c3cccc(CCOCCC(=O)O)c3)nc2c1-c1ccccc1. The number of benzene rings is 3. The van der Waals surface area contributed by atoms with E-state index >= 15 is 0 Å². The molecule has 0 spiro atoms. The monoisotopic (exact) mass is 619 g/mol. The zero-order valence-corrected chi connectivity index (χ0v) is 25.8. The average Bonchev–Trinajstić information content (AvgIpc) is 3.43. The minimum atomic E-state index is -0.867. The predicted molar refractivity (Wildman–Crippen MR) is 176 cm³/mol. The maximum atomic E-state index is 12.9. The van der Waals surface area contributed by atoms with Gasteiger partial charge in [-0.3, -0.25) is 4.79 Å². The summed E-state index contributed by atoms with van der Waals surface area (Å²) < 4.78 is 13.0. The Labute approximate surface area is 267 Å². The number of carbonyl (C=O) groups excluding carboxylic acids is 1. The normalized spacial score (nSPS) is 13.2. The molecule has 10 nitrogen and oxygen atoms in total. The summed E-state index contributed by atoms with van der Waals surface area (Å²) in [5.41, 5.74) is 7.49. The molecule has 5 aromatic rings. The van der Waals surface area contributed by atoms with E-state index in [9.17, 15) is 9.59 Å². The molecule has 3 heterocycles. The topological polar surface area (TPSA) is 110 Å². The molecule has 0 unspecified atom stereocenters. The summed E-state index contributed by atoms with van der Waals surface area (Å²) in [7, 11) is 0. The van der Waals surface area contributed by atoms with Gasteiger partial charge in [0.15, 0.2) is 5.65 Å². The van der Waals surface area contributed by atoms with Crippen LogP contribution in [0, 0.1) is 6.92 Å². The van der Waals surface area contributed by atoms with Gasteiger partial charge in [-0.25, -0.2) is 9.78 Å². The zero-order valence-electron chi connectivity index (χ0n) is 25.8. The van der Waals surface area contributed by atoms with E-state index in [4.69, 9.17) is 24.7 Å². The van der Waals surface area contributed by atoms with Gasteiger partial charge in [0.1, 0.15) is 12.4 Å². The van der Waals surface area contributed by atoms with Crippen LogP contribution in [0.4, 0.5) is 10.6 Å². The number of anilines is 1. The molecule has 1 amide bonds. The summed E-state index contributed by atoms with van der Waals surface area (Å²) in [6, 6.07) is 30.1. The molecule has 0 saturated carbocycles. The van der Waals surface area contributed by atoms with E-state index in [1.54, 1.807) is 4.90 Å². The van der Waals surface area contributed by atoms with Crippen LogP contribution in [0.1, 0.15) is 23.2 Å². The Hall–Kier alpha value is -5.22. The average molecular weight is 620 g/mol. The lowest BCUT2D eigenvalue weighted by atomic mass is 10.0. The molecule has 1 aliphatic rings. The van der Waals surface area contributed by atoms with Gasteiger partial charge in [0, 0.05) is 43.4 Å². The Morgan fingerprint density at radius 3 is 2.26 bits per heavy atom. The summed E-state index contributed by atoms with van der Waals surface area (Å²) in [4.78, 5) is 32.8. The molecule has 0 aliphatic carbocycles. The van der Waals surface area contributed by atoms with Crippen LogP contribution in [-0.4, -0.2) is 76.1 Å². The highest BCUT2D eigenvalue weighted by Gasteiger charge is 2.26. The second-order valence-electron chi connectivity index (χ2n) is 11.3. The lowest BCUT2D eigenvalue weighted by Crippen LogP contribution is -2.49. The molecule has 1 saturated heterocycles. The molecule has 1 fully saturated rings. The van der Waals surface area contributed by atoms with E-state index in [0.717, 1.165) is 50.7 Å². The van der Waals surface area contributed by atoms with Crippen molar-refractivity contribution in [3.63, 3.8) is 0 Å². The number of hydrogen-bond donors (Lipinski definition) is 1. The number of piperazine rings is 1. The Morgan fingerprint density at radius 2 is 1.52 bits per heavy atom. The first-order valence-electron chi connectivity index (χ1n) is 15.5. The van der Waals surface area contributed by atoms with Crippen LogP contribution in [-0.2, 0) is 27.3 Å². The maximum Gasteiger partial charge on any atom is 0.410 e. The number of hydrogen-bond acceptors (Lipinski definition) is 7. The molecule has 6 rings (SSSR count). The van der Waals surface area contributed by atoms with Gasteiger partial charge in [-0.15, -0.1) is 0 Å². The van der Waals surface area contributed by atoms with E-state index in [-0.39, 0.29) is 25.7 Å². The minimum absolute atomic E-state index is 0.00953. The van der Waals surface area contributed by atoms with Gasteiger partial charge in [-0.1, -0.05) is 78.9 Å². The van der Waals surface area contributed by atoms with E-state index in [2.05, 4.69) is 29.2 Å². The smallest absolute Gasteiger partial charge is 0.410 e. The summed E-state index contributed by atoms with van der Waals surface area (Å²) >= 11 is 0. The highest BCUT2D eigenvalue weighted by atomic mass is 16.6. The van der Waals surface area contributed by atoms with Crippen LogP contribution in [0.15, 0.2) is 91.0 Å². The second kappa shape index (κ2) is 14.3. The van der Waals surface area contributed by atoms with Crippen molar-refractivity contribution in [3.05, 3.63) is 108 Å². The number of aliphatic carboxylic acids is 1.